The van der Waals surface area contributed by atoms with E-state index in [0.29, 0.717) is 6.04 Å². The van der Waals surface area contributed by atoms with Crippen molar-refractivity contribution in [3.8, 4) is 0 Å². The predicted molar refractivity (Wildman–Crippen MR) is 59.4 cm³/mol. The summed E-state index contributed by atoms with van der Waals surface area (Å²) in [5, 5.41) is 3.33. The fraction of sp³-hybridized carbons (Fsp3) is 0.636. The van der Waals surface area contributed by atoms with Crippen LogP contribution < -0.4 is 5.32 Å². The molecule has 3 nitrogen and oxygen atoms in total. The molecule has 78 valence electrons. The van der Waals surface area contributed by atoms with E-state index in [0.717, 1.165) is 17.9 Å². The first-order chi connectivity index (χ1) is 6.76. The van der Waals surface area contributed by atoms with Crippen LogP contribution in [0.2, 0.25) is 0 Å². The van der Waals surface area contributed by atoms with Crippen LogP contribution >= 0.6 is 0 Å². The van der Waals surface area contributed by atoms with Gasteiger partial charge in [0.05, 0.1) is 0 Å². The van der Waals surface area contributed by atoms with Gasteiger partial charge >= 0.3 is 0 Å². The minimum Gasteiger partial charge on any atom is -0.352 e. The molecule has 0 fully saturated rings. The van der Waals surface area contributed by atoms with Gasteiger partial charge in [-0.3, -0.25) is 0 Å². The Morgan fingerprint density at radius 1 is 1.29 bits per heavy atom. The van der Waals surface area contributed by atoms with Crippen molar-refractivity contribution < 1.29 is 0 Å². The van der Waals surface area contributed by atoms with E-state index in [2.05, 4.69) is 29.1 Å². The lowest BCUT2D eigenvalue weighted by molar-refractivity contribution is 0.617. The fourth-order valence-corrected chi connectivity index (χ4v) is 1.38. The first-order valence-corrected chi connectivity index (χ1v) is 5.31. The summed E-state index contributed by atoms with van der Waals surface area (Å²) < 4.78 is 0. The zero-order valence-corrected chi connectivity index (χ0v) is 9.25. The maximum atomic E-state index is 4.23. The van der Waals surface area contributed by atoms with Crippen molar-refractivity contribution in [3.05, 3.63) is 18.0 Å². The van der Waals surface area contributed by atoms with Crippen LogP contribution in [-0.4, -0.2) is 16.0 Å². The molecule has 1 unspecified atom stereocenters. The maximum absolute atomic E-state index is 4.23. The highest BCUT2D eigenvalue weighted by Crippen LogP contribution is 2.07. The number of aromatic nitrogens is 2. The molecule has 14 heavy (non-hydrogen) atoms. The van der Waals surface area contributed by atoms with Gasteiger partial charge in [0.1, 0.15) is 0 Å². The Bertz CT molecular complexity index is 256. The van der Waals surface area contributed by atoms with Gasteiger partial charge in [-0.25, -0.2) is 9.97 Å². The number of nitrogens with zero attached hydrogens (tertiary/aromatic N) is 2. The molecule has 0 aliphatic carbocycles. The monoisotopic (exact) mass is 193 g/mol. The second-order valence-electron chi connectivity index (χ2n) is 3.62. The Labute approximate surface area is 86.0 Å². The van der Waals surface area contributed by atoms with E-state index in [1.165, 1.54) is 12.8 Å². The lowest BCUT2D eigenvalue weighted by Crippen LogP contribution is -2.19. The van der Waals surface area contributed by atoms with Gasteiger partial charge in [-0.15, -0.1) is 0 Å². The van der Waals surface area contributed by atoms with Gasteiger partial charge < -0.3 is 5.32 Å². The van der Waals surface area contributed by atoms with Crippen LogP contribution in [0.5, 0.6) is 0 Å². The summed E-state index contributed by atoms with van der Waals surface area (Å²) in [5.74, 6) is 0.746. The third-order valence-electron chi connectivity index (χ3n) is 2.24. The molecule has 1 aromatic heterocycles. The van der Waals surface area contributed by atoms with Gasteiger partial charge in [0.15, 0.2) is 0 Å². The van der Waals surface area contributed by atoms with E-state index in [1.807, 2.05) is 19.3 Å². The molecule has 3 heteroatoms. The summed E-state index contributed by atoms with van der Waals surface area (Å²) >= 11 is 0. The van der Waals surface area contributed by atoms with Crippen molar-refractivity contribution in [1.29, 1.82) is 0 Å². The van der Waals surface area contributed by atoms with E-state index in [9.17, 15) is 0 Å². The van der Waals surface area contributed by atoms with Gasteiger partial charge in [0, 0.05) is 18.4 Å². The van der Waals surface area contributed by atoms with E-state index >= 15 is 0 Å². The lowest BCUT2D eigenvalue weighted by atomic mass is 10.1. The van der Waals surface area contributed by atoms with Crippen molar-refractivity contribution >= 4 is 5.95 Å². The van der Waals surface area contributed by atoms with Crippen LogP contribution in [0.25, 0.3) is 0 Å². The summed E-state index contributed by atoms with van der Waals surface area (Å²) in [6, 6.07) is 0.503. The molecule has 1 aromatic rings. The van der Waals surface area contributed by atoms with Crippen LogP contribution in [-0.2, 0) is 0 Å². The Kier molecular flexibility index (Phi) is 4.36. The fourth-order valence-electron chi connectivity index (χ4n) is 1.38. The van der Waals surface area contributed by atoms with Crippen LogP contribution in [0.4, 0.5) is 5.95 Å². The highest BCUT2D eigenvalue weighted by atomic mass is 15.1. The van der Waals surface area contributed by atoms with Crippen LogP contribution in [0.3, 0.4) is 0 Å². The summed E-state index contributed by atoms with van der Waals surface area (Å²) in [4.78, 5) is 8.45. The SMILES string of the molecule is CCCC(CC)Nc1ncc(C)cn1. The molecule has 1 rings (SSSR count). The normalized spacial score (nSPS) is 12.5. The molecule has 0 radical (unpaired) electrons. The molecule has 1 N–H and O–H groups in total. The molecule has 0 aromatic carbocycles. The number of aryl methyl sites for hydroxylation is 1. The van der Waals surface area contributed by atoms with Gasteiger partial charge in [0.2, 0.25) is 5.95 Å². The maximum Gasteiger partial charge on any atom is 0.222 e. The second-order valence-corrected chi connectivity index (χ2v) is 3.62. The van der Waals surface area contributed by atoms with E-state index in [-0.39, 0.29) is 0 Å². The van der Waals surface area contributed by atoms with Crippen LogP contribution in [0, 0.1) is 6.92 Å². The topological polar surface area (TPSA) is 37.8 Å². The standard InChI is InChI=1S/C11H19N3/c1-4-6-10(5-2)14-11-12-7-9(3)8-13-11/h7-8,10H,4-6H2,1-3H3,(H,12,13,14). The van der Waals surface area contributed by atoms with Crippen LogP contribution in [0.15, 0.2) is 12.4 Å². The minimum atomic E-state index is 0.503. The van der Waals surface area contributed by atoms with E-state index in [4.69, 9.17) is 0 Å². The molecular formula is C11H19N3. The molecule has 0 saturated carbocycles. The Morgan fingerprint density at radius 3 is 2.43 bits per heavy atom. The number of hydrogen-bond donors (Lipinski definition) is 1. The van der Waals surface area contributed by atoms with Gasteiger partial charge in [-0.05, 0) is 25.3 Å². The number of rotatable bonds is 5. The molecule has 0 aliphatic heterocycles. The predicted octanol–water partition coefficient (Wildman–Crippen LogP) is 2.78. The van der Waals surface area contributed by atoms with Crippen molar-refractivity contribution in [2.75, 3.05) is 5.32 Å². The second kappa shape index (κ2) is 5.58. The molecule has 0 saturated heterocycles. The lowest BCUT2D eigenvalue weighted by Gasteiger charge is -2.15. The Morgan fingerprint density at radius 2 is 1.93 bits per heavy atom. The van der Waals surface area contributed by atoms with Gasteiger partial charge in [-0.1, -0.05) is 20.3 Å². The Hall–Kier alpha value is -1.12. The van der Waals surface area contributed by atoms with Crippen molar-refractivity contribution in [1.82, 2.24) is 9.97 Å². The molecule has 1 heterocycles. The summed E-state index contributed by atoms with van der Waals surface area (Å²) in [6.07, 6.45) is 7.16. The smallest absolute Gasteiger partial charge is 0.222 e. The number of nitrogens with one attached hydrogen (secondary N) is 1. The zero-order chi connectivity index (χ0) is 10.4. The molecular weight excluding hydrogens is 174 g/mol. The largest absolute Gasteiger partial charge is 0.352 e. The van der Waals surface area contributed by atoms with Crippen LogP contribution in [0.1, 0.15) is 38.7 Å². The average molecular weight is 193 g/mol. The summed E-state index contributed by atoms with van der Waals surface area (Å²) in [5.41, 5.74) is 1.10. The van der Waals surface area contributed by atoms with Gasteiger partial charge in [0.25, 0.3) is 0 Å². The molecule has 0 spiro atoms. The Balaban J connectivity index is 2.53. The quantitative estimate of drug-likeness (QED) is 0.781. The van der Waals surface area contributed by atoms with E-state index < -0.39 is 0 Å². The highest BCUT2D eigenvalue weighted by Gasteiger charge is 2.05. The molecule has 1 atom stereocenters. The van der Waals surface area contributed by atoms with Crippen molar-refractivity contribution in [3.63, 3.8) is 0 Å². The number of anilines is 1. The number of hydrogen-bond acceptors (Lipinski definition) is 3. The molecule has 0 amide bonds. The first-order valence-electron chi connectivity index (χ1n) is 5.31. The van der Waals surface area contributed by atoms with Crippen molar-refractivity contribution in [2.24, 2.45) is 0 Å². The average Bonchev–Trinajstić information content (AvgIpc) is 2.20. The molecule has 0 aliphatic rings. The highest BCUT2D eigenvalue weighted by molar-refractivity contribution is 5.25. The van der Waals surface area contributed by atoms with Gasteiger partial charge in [-0.2, -0.15) is 0 Å². The van der Waals surface area contributed by atoms with E-state index in [1.54, 1.807) is 0 Å². The third kappa shape index (κ3) is 3.32. The minimum absolute atomic E-state index is 0.503. The summed E-state index contributed by atoms with van der Waals surface area (Å²) in [7, 11) is 0. The first kappa shape index (κ1) is 11.0. The third-order valence-corrected chi connectivity index (χ3v) is 2.24. The summed E-state index contributed by atoms with van der Waals surface area (Å²) in [6.45, 7) is 6.37. The molecule has 0 bridgehead atoms. The van der Waals surface area contributed by atoms with Crippen molar-refractivity contribution in [2.45, 2.75) is 46.1 Å². The zero-order valence-electron chi connectivity index (χ0n) is 9.25.